The highest BCUT2D eigenvalue weighted by Crippen LogP contribution is 2.27. The molecule has 3 heterocycles. The molecule has 1 atom stereocenters. The van der Waals surface area contributed by atoms with Gasteiger partial charge in [-0.3, -0.25) is 4.79 Å². The van der Waals surface area contributed by atoms with Crippen molar-refractivity contribution < 1.29 is 4.79 Å². The second kappa shape index (κ2) is 6.10. The zero-order chi connectivity index (χ0) is 13.9. The average Bonchev–Trinajstić information content (AvgIpc) is 2.97. The first-order valence-corrected chi connectivity index (χ1v) is 8.26. The second-order valence-corrected chi connectivity index (χ2v) is 6.75. The number of carbonyl (C=O) groups excluding carboxylic acids is 1. The molecule has 1 unspecified atom stereocenters. The van der Waals surface area contributed by atoms with Crippen molar-refractivity contribution in [2.45, 2.75) is 19.8 Å². The molecule has 20 heavy (non-hydrogen) atoms. The highest BCUT2D eigenvalue weighted by atomic mass is 32.1. The summed E-state index contributed by atoms with van der Waals surface area (Å²) in [4.78, 5) is 21.9. The van der Waals surface area contributed by atoms with Crippen molar-refractivity contribution in [3.8, 4) is 0 Å². The third-order valence-corrected chi connectivity index (χ3v) is 5.08. The minimum absolute atomic E-state index is 0.139. The zero-order valence-electron chi connectivity index (χ0n) is 12.0. The maximum atomic E-state index is 12.4. The highest BCUT2D eigenvalue weighted by molar-refractivity contribution is 7.17. The van der Waals surface area contributed by atoms with E-state index in [1.54, 1.807) is 17.5 Å². The molecule has 1 N–H and O–H groups in total. The van der Waals surface area contributed by atoms with Gasteiger partial charge in [-0.1, -0.05) is 18.3 Å². The quantitative estimate of drug-likeness (QED) is 0.896. The molecular weight excluding hydrogens is 272 g/mol. The number of anilines is 1. The summed E-state index contributed by atoms with van der Waals surface area (Å²) in [6, 6.07) is 0. The Bertz CT molecular complexity index is 469. The fraction of sp³-hybridized carbons (Fsp3) is 0.714. The first kappa shape index (κ1) is 13.8. The fourth-order valence-corrected chi connectivity index (χ4v) is 3.82. The molecule has 0 saturated carbocycles. The lowest BCUT2D eigenvalue weighted by atomic mass is 10.0. The number of nitrogens with zero attached hydrogens (tertiary/aromatic N) is 3. The molecule has 110 valence electrons. The molecule has 1 aromatic rings. The first-order valence-electron chi connectivity index (χ1n) is 7.45. The first-order chi connectivity index (χ1) is 9.74. The molecule has 0 spiro atoms. The van der Waals surface area contributed by atoms with Gasteiger partial charge in [-0.05, 0) is 18.8 Å². The van der Waals surface area contributed by atoms with Crippen molar-refractivity contribution in [1.29, 1.82) is 0 Å². The topological polar surface area (TPSA) is 48.5 Å². The maximum Gasteiger partial charge on any atom is 0.265 e. The Labute approximate surface area is 124 Å². The number of piperidine rings is 1. The van der Waals surface area contributed by atoms with Crippen LogP contribution in [-0.4, -0.2) is 55.1 Å². The lowest BCUT2D eigenvalue weighted by Crippen LogP contribution is -2.46. The number of thiazole rings is 1. The lowest BCUT2D eigenvalue weighted by molar-refractivity contribution is 0.0740. The van der Waals surface area contributed by atoms with E-state index in [0.29, 0.717) is 0 Å². The van der Waals surface area contributed by atoms with E-state index in [1.807, 2.05) is 4.90 Å². The van der Waals surface area contributed by atoms with E-state index >= 15 is 0 Å². The van der Waals surface area contributed by atoms with Crippen LogP contribution in [0.4, 0.5) is 5.13 Å². The molecule has 3 rings (SSSR count). The molecule has 2 aliphatic heterocycles. The Morgan fingerprint density at radius 1 is 1.40 bits per heavy atom. The van der Waals surface area contributed by atoms with Crippen LogP contribution >= 0.6 is 11.3 Å². The predicted octanol–water partition coefficient (Wildman–Crippen LogP) is 1.42. The monoisotopic (exact) mass is 294 g/mol. The standard InChI is InChI=1S/C14H22N4OS/c1-11-3-2-6-18(10-11)14-16-9-12(20-14)13(19)17-7-4-15-5-8-17/h9,11,15H,2-8,10H2,1H3. The van der Waals surface area contributed by atoms with E-state index in [4.69, 9.17) is 0 Å². The molecular formula is C14H22N4OS. The van der Waals surface area contributed by atoms with E-state index in [0.717, 1.165) is 55.2 Å². The van der Waals surface area contributed by atoms with Gasteiger partial charge in [-0.25, -0.2) is 4.98 Å². The van der Waals surface area contributed by atoms with Crippen LogP contribution in [0.15, 0.2) is 6.20 Å². The van der Waals surface area contributed by atoms with Gasteiger partial charge in [-0.15, -0.1) is 0 Å². The van der Waals surface area contributed by atoms with Gasteiger partial charge in [0.1, 0.15) is 4.88 Å². The average molecular weight is 294 g/mol. The van der Waals surface area contributed by atoms with Crippen LogP contribution in [0.1, 0.15) is 29.4 Å². The van der Waals surface area contributed by atoms with E-state index in [2.05, 4.69) is 22.1 Å². The van der Waals surface area contributed by atoms with Crippen LogP contribution in [0.25, 0.3) is 0 Å². The van der Waals surface area contributed by atoms with Crippen molar-refractivity contribution in [3.63, 3.8) is 0 Å². The maximum absolute atomic E-state index is 12.4. The Morgan fingerprint density at radius 3 is 2.95 bits per heavy atom. The van der Waals surface area contributed by atoms with Crippen LogP contribution < -0.4 is 10.2 Å². The van der Waals surface area contributed by atoms with Crippen molar-refractivity contribution in [2.24, 2.45) is 5.92 Å². The molecule has 5 nitrogen and oxygen atoms in total. The largest absolute Gasteiger partial charge is 0.348 e. The second-order valence-electron chi connectivity index (χ2n) is 5.74. The third kappa shape index (κ3) is 2.96. The molecule has 0 aromatic carbocycles. The fourth-order valence-electron chi connectivity index (χ4n) is 2.90. The third-order valence-electron chi connectivity index (χ3n) is 4.04. The smallest absolute Gasteiger partial charge is 0.265 e. The minimum Gasteiger partial charge on any atom is -0.348 e. The Kier molecular flexibility index (Phi) is 4.21. The summed E-state index contributed by atoms with van der Waals surface area (Å²) >= 11 is 1.55. The van der Waals surface area contributed by atoms with Crippen molar-refractivity contribution >= 4 is 22.4 Å². The molecule has 2 fully saturated rings. The van der Waals surface area contributed by atoms with Gasteiger partial charge in [-0.2, -0.15) is 0 Å². The number of carbonyl (C=O) groups is 1. The van der Waals surface area contributed by atoms with Crippen molar-refractivity contribution in [1.82, 2.24) is 15.2 Å². The summed E-state index contributed by atoms with van der Waals surface area (Å²) in [5, 5.41) is 4.28. The van der Waals surface area contributed by atoms with Gasteiger partial charge in [0.15, 0.2) is 5.13 Å². The summed E-state index contributed by atoms with van der Waals surface area (Å²) < 4.78 is 0. The summed E-state index contributed by atoms with van der Waals surface area (Å²) in [6.07, 6.45) is 4.28. The number of rotatable bonds is 2. The molecule has 0 aliphatic carbocycles. The van der Waals surface area contributed by atoms with E-state index < -0.39 is 0 Å². The van der Waals surface area contributed by atoms with Gasteiger partial charge in [0.2, 0.25) is 0 Å². The van der Waals surface area contributed by atoms with Crippen LogP contribution in [0.3, 0.4) is 0 Å². The Hall–Kier alpha value is -1.14. The molecule has 0 bridgehead atoms. The number of hydrogen-bond acceptors (Lipinski definition) is 5. The van der Waals surface area contributed by atoms with Crippen molar-refractivity contribution in [2.75, 3.05) is 44.2 Å². The van der Waals surface area contributed by atoms with Gasteiger partial charge in [0.05, 0.1) is 6.20 Å². The predicted molar refractivity (Wildman–Crippen MR) is 81.5 cm³/mol. The SMILES string of the molecule is CC1CCCN(c2ncc(C(=O)N3CCNCC3)s2)C1. The van der Waals surface area contributed by atoms with E-state index in [1.165, 1.54) is 12.8 Å². The minimum atomic E-state index is 0.139. The number of nitrogens with one attached hydrogen (secondary N) is 1. The number of aromatic nitrogens is 1. The molecule has 6 heteroatoms. The number of piperazine rings is 1. The molecule has 0 radical (unpaired) electrons. The van der Waals surface area contributed by atoms with Crippen molar-refractivity contribution in [3.05, 3.63) is 11.1 Å². The van der Waals surface area contributed by atoms with Crippen LogP contribution in [-0.2, 0) is 0 Å². The van der Waals surface area contributed by atoms with Crippen LogP contribution in [0.5, 0.6) is 0 Å². The molecule has 2 aliphatic rings. The summed E-state index contributed by atoms with van der Waals surface area (Å²) in [7, 11) is 0. The lowest BCUT2D eigenvalue weighted by Gasteiger charge is -2.30. The van der Waals surface area contributed by atoms with Crippen LogP contribution in [0.2, 0.25) is 0 Å². The van der Waals surface area contributed by atoms with Gasteiger partial charge in [0, 0.05) is 39.3 Å². The van der Waals surface area contributed by atoms with E-state index in [-0.39, 0.29) is 5.91 Å². The van der Waals surface area contributed by atoms with Gasteiger partial charge < -0.3 is 15.1 Å². The van der Waals surface area contributed by atoms with E-state index in [9.17, 15) is 4.79 Å². The van der Waals surface area contributed by atoms with Crippen LogP contribution in [0, 0.1) is 5.92 Å². The molecule has 1 amide bonds. The number of amides is 1. The summed E-state index contributed by atoms with van der Waals surface area (Å²) in [5.74, 6) is 0.861. The van der Waals surface area contributed by atoms with Gasteiger partial charge >= 0.3 is 0 Å². The summed E-state index contributed by atoms with van der Waals surface area (Å²) in [5.41, 5.74) is 0. The molecule has 1 aromatic heterocycles. The number of hydrogen-bond donors (Lipinski definition) is 1. The Morgan fingerprint density at radius 2 is 2.20 bits per heavy atom. The van der Waals surface area contributed by atoms with Gasteiger partial charge in [0.25, 0.3) is 5.91 Å². The molecule has 2 saturated heterocycles. The highest BCUT2D eigenvalue weighted by Gasteiger charge is 2.23. The zero-order valence-corrected chi connectivity index (χ0v) is 12.8. The Balaban J connectivity index is 1.68. The summed E-state index contributed by atoms with van der Waals surface area (Å²) in [6.45, 7) is 7.79. The normalized spacial score (nSPS) is 23.9.